The van der Waals surface area contributed by atoms with Gasteiger partial charge >= 0.3 is 11.9 Å². The highest BCUT2D eigenvalue weighted by Gasteiger charge is 2.27. The summed E-state index contributed by atoms with van der Waals surface area (Å²) in [5, 5.41) is 10.9. The summed E-state index contributed by atoms with van der Waals surface area (Å²) < 4.78 is 11.0. The number of thioether (sulfide) groups is 1. The summed E-state index contributed by atoms with van der Waals surface area (Å²) in [6.45, 7) is 14.8. The van der Waals surface area contributed by atoms with Crippen molar-refractivity contribution in [3.8, 4) is 11.5 Å². The van der Waals surface area contributed by atoms with Gasteiger partial charge in [-0.25, -0.2) is 0 Å². The number of carbonyl (C=O) groups excluding carboxylic acids is 2. The number of rotatable bonds is 23. The molecule has 0 heterocycles. The smallest absolute Gasteiger partial charge is 0.312 e. The Balaban J connectivity index is 2.09. The number of hydrogen-bond acceptors (Lipinski definition) is 6. The fourth-order valence-electron chi connectivity index (χ4n) is 5.18. The summed E-state index contributed by atoms with van der Waals surface area (Å²) in [5.74, 6) is 1.58. The van der Waals surface area contributed by atoms with Gasteiger partial charge in [0.2, 0.25) is 0 Å². The molecule has 0 aliphatic rings. The summed E-state index contributed by atoms with van der Waals surface area (Å²) in [6.07, 6.45) is 20.4. The molecular weight excluding hydrogens is 556 g/mol. The van der Waals surface area contributed by atoms with Crippen LogP contribution in [0.15, 0.2) is 12.1 Å². The highest BCUT2D eigenvalue weighted by Crippen LogP contribution is 2.41. The zero-order valence-electron chi connectivity index (χ0n) is 28.8. The van der Waals surface area contributed by atoms with Crippen molar-refractivity contribution < 1.29 is 24.2 Å². The summed E-state index contributed by atoms with van der Waals surface area (Å²) in [6, 6.07) is 3.54. The number of hydrogen-bond donors (Lipinski definition) is 1. The first-order chi connectivity index (χ1) is 20.4. The average Bonchev–Trinajstić information content (AvgIpc) is 2.92. The van der Waals surface area contributed by atoms with E-state index in [-0.39, 0.29) is 34.9 Å². The van der Waals surface area contributed by atoms with Gasteiger partial charge in [-0.15, -0.1) is 0 Å². The second-order valence-corrected chi connectivity index (χ2v) is 15.3. The molecule has 0 spiro atoms. The van der Waals surface area contributed by atoms with Crippen molar-refractivity contribution in [3.63, 3.8) is 0 Å². The summed E-state index contributed by atoms with van der Waals surface area (Å²) >= 11 is 1.58. The molecule has 1 aromatic carbocycles. The molecule has 0 aliphatic carbocycles. The van der Waals surface area contributed by atoms with Gasteiger partial charge in [-0.1, -0.05) is 138 Å². The fourth-order valence-corrected chi connectivity index (χ4v) is 5.89. The van der Waals surface area contributed by atoms with Crippen molar-refractivity contribution >= 4 is 23.7 Å². The van der Waals surface area contributed by atoms with Crippen molar-refractivity contribution in [2.24, 2.45) is 0 Å². The molecule has 0 amide bonds. The molecule has 248 valence electrons. The van der Waals surface area contributed by atoms with Gasteiger partial charge in [0.1, 0.15) is 18.1 Å². The molecular formula is C37H64O5S. The van der Waals surface area contributed by atoms with Crippen LogP contribution in [0.4, 0.5) is 0 Å². The van der Waals surface area contributed by atoms with E-state index in [4.69, 9.17) is 9.47 Å². The zero-order valence-corrected chi connectivity index (χ0v) is 29.6. The highest BCUT2D eigenvalue weighted by atomic mass is 32.2. The first-order valence-electron chi connectivity index (χ1n) is 17.2. The minimum atomic E-state index is -0.303. The van der Waals surface area contributed by atoms with E-state index in [1.54, 1.807) is 23.9 Å². The van der Waals surface area contributed by atoms with Gasteiger partial charge in [-0.05, 0) is 29.4 Å². The molecule has 1 N–H and O–H groups in total. The first kappa shape index (κ1) is 39.3. The number of unbranched alkanes of at least 4 members (excludes halogenated alkanes) is 14. The molecule has 0 saturated heterocycles. The Morgan fingerprint density at radius 3 is 1.53 bits per heavy atom. The Morgan fingerprint density at radius 2 is 1.09 bits per heavy atom. The van der Waals surface area contributed by atoms with Crippen molar-refractivity contribution in [2.75, 3.05) is 18.1 Å². The quantitative estimate of drug-likeness (QED) is 0.0745. The van der Waals surface area contributed by atoms with Gasteiger partial charge in [0, 0.05) is 29.1 Å². The maximum Gasteiger partial charge on any atom is 0.312 e. The number of benzene rings is 1. The molecule has 0 radical (unpaired) electrons. The Bertz CT molecular complexity index is 878. The van der Waals surface area contributed by atoms with E-state index in [2.05, 4.69) is 6.92 Å². The standard InChI is InChI=1S/C37H64O5S/c1-8-9-10-11-12-13-14-15-16-17-18-19-20-21-22-23-33(38)41-25-27-43-26-24-34(39)42-30-28-31(36(2,3)4)35(40)32(29-30)37(5,6)7/h28-29,40H,8-27H2,1-7H3. The monoisotopic (exact) mass is 620 g/mol. The van der Waals surface area contributed by atoms with Crippen LogP contribution in [0.5, 0.6) is 11.5 Å². The average molecular weight is 621 g/mol. The third-order valence-corrected chi connectivity index (χ3v) is 8.80. The Hall–Kier alpha value is -1.69. The fraction of sp³-hybridized carbons (Fsp3) is 0.784. The predicted octanol–water partition coefficient (Wildman–Crippen LogP) is 10.8. The van der Waals surface area contributed by atoms with Crippen LogP contribution in [0.25, 0.3) is 0 Å². The van der Waals surface area contributed by atoms with E-state index < -0.39 is 0 Å². The van der Waals surface area contributed by atoms with Crippen LogP contribution in [0.3, 0.4) is 0 Å². The molecule has 5 nitrogen and oxygen atoms in total. The van der Waals surface area contributed by atoms with Crippen LogP contribution >= 0.6 is 11.8 Å². The Labute approximate surface area is 268 Å². The molecule has 0 atom stereocenters. The minimum absolute atomic E-state index is 0.119. The van der Waals surface area contributed by atoms with Crippen molar-refractivity contribution in [1.82, 2.24) is 0 Å². The maximum absolute atomic E-state index is 12.5. The van der Waals surface area contributed by atoms with Crippen molar-refractivity contribution in [3.05, 3.63) is 23.3 Å². The van der Waals surface area contributed by atoms with Gasteiger partial charge < -0.3 is 14.6 Å². The summed E-state index contributed by atoms with van der Waals surface area (Å²) in [4.78, 5) is 24.5. The maximum atomic E-state index is 12.5. The van der Waals surface area contributed by atoms with Crippen LogP contribution in [0, 0.1) is 0 Å². The zero-order chi connectivity index (χ0) is 32.1. The van der Waals surface area contributed by atoms with Crippen LogP contribution in [0.2, 0.25) is 0 Å². The minimum Gasteiger partial charge on any atom is -0.507 e. The number of aromatic hydroxyl groups is 1. The molecule has 0 unspecified atom stereocenters. The second-order valence-electron chi connectivity index (χ2n) is 14.1. The third-order valence-electron chi connectivity index (χ3n) is 7.86. The van der Waals surface area contributed by atoms with Crippen molar-refractivity contribution in [2.45, 2.75) is 168 Å². The van der Waals surface area contributed by atoms with Crippen LogP contribution in [-0.2, 0) is 25.2 Å². The molecule has 43 heavy (non-hydrogen) atoms. The van der Waals surface area contributed by atoms with E-state index in [0.717, 1.165) is 24.0 Å². The molecule has 0 fully saturated rings. The normalized spacial score (nSPS) is 12.0. The van der Waals surface area contributed by atoms with Crippen molar-refractivity contribution in [1.29, 1.82) is 0 Å². The van der Waals surface area contributed by atoms with Gasteiger partial charge in [0.25, 0.3) is 0 Å². The molecule has 1 rings (SSSR count). The molecule has 6 heteroatoms. The van der Waals surface area contributed by atoms with E-state index in [0.29, 0.717) is 30.3 Å². The molecule has 0 aromatic heterocycles. The van der Waals surface area contributed by atoms with E-state index in [1.807, 2.05) is 41.5 Å². The third kappa shape index (κ3) is 18.7. The topological polar surface area (TPSA) is 72.8 Å². The molecule has 0 bridgehead atoms. The van der Waals surface area contributed by atoms with Crippen LogP contribution < -0.4 is 4.74 Å². The second kappa shape index (κ2) is 21.9. The lowest BCUT2D eigenvalue weighted by molar-refractivity contribution is -0.143. The number of carbonyl (C=O) groups is 2. The number of phenolic OH excluding ortho intramolecular Hbond substituents is 1. The SMILES string of the molecule is CCCCCCCCCCCCCCCCCC(=O)OCCSCCC(=O)Oc1cc(C(C)(C)C)c(O)c(C(C)(C)C)c1. The van der Waals surface area contributed by atoms with Crippen LogP contribution in [-0.4, -0.2) is 35.2 Å². The predicted molar refractivity (Wildman–Crippen MR) is 184 cm³/mol. The molecule has 0 aliphatic heterocycles. The molecule has 0 saturated carbocycles. The summed E-state index contributed by atoms with van der Waals surface area (Å²) in [5.41, 5.74) is 0.962. The lowest BCUT2D eigenvalue weighted by Gasteiger charge is -2.27. The Morgan fingerprint density at radius 1 is 0.651 bits per heavy atom. The van der Waals surface area contributed by atoms with Gasteiger partial charge in [-0.3, -0.25) is 9.59 Å². The van der Waals surface area contributed by atoms with Gasteiger partial charge in [0.05, 0.1) is 6.42 Å². The van der Waals surface area contributed by atoms with Gasteiger partial charge in [0.15, 0.2) is 0 Å². The largest absolute Gasteiger partial charge is 0.507 e. The summed E-state index contributed by atoms with van der Waals surface area (Å²) in [7, 11) is 0. The van der Waals surface area contributed by atoms with Crippen LogP contribution in [0.1, 0.15) is 169 Å². The van der Waals surface area contributed by atoms with E-state index >= 15 is 0 Å². The lowest BCUT2D eigenvalue weighted by atomic mass is 9.79. The number of ether oxygens (including phenoxy) is 2. The lowest BCUT2D eigenvalue weighted by Crippen LogP contribution is -2.18. The first-order valence-corrected chi connectivity index (χ1v) is 18.3. The Kier molecular flexibility index (Phi) is 20.0. The van der Waals surface area contributed by atoms with E-state index in [1.165, 1.54) is 83.5 Å². The molecule has 1 aromatic rings. The highest BCUT2D eigenvalue weighted by molar-refractivity contribution is 7.99. The van der Waals surface area contributed by atoms with E-state index in [9.17, 15) is 14.7 Å². The number of phenols is 1. The number of esters is 2. The van der Waals surface area contributed by atoms with Gasteiger partial charge in [-0.2, -0.15) is 11.8 Å².